The molecule has 10 rings (SSSR count). The van der Waals surface area contributed by atoms with Crippen molar-refractivity contribution in [1.29, 1.82) is 0 Å². The number of hydrogen-bond acceptors (Lipinski definition) is 1. The first-order valence-corrected chi connectivity index (χ1v) is 24.3. The monoisotopic (exact) mass is 786 g/mol. The van der Waals surface area contributed by atoms with Gasteiger partial charge in [0, 0.05) is 33.5 Å². The lowest BCUT2D eigenvalue weighted by Gasteiger charge is -2.26. The molecule has 0 saturated carbocycles. The largest absolute Gasteiger partial charge is 0.311 e. The van der Waals surface area contributed by atoms with Crippen molar-refractivity contribution in [3.63, 3.8) is 0 Å². The van der Waals surface area contributed by atoms with Crippen LogP contribution >= 0.6 is 0 Å². The average molecular weight is 787 g/mol. The minimum absolute atomic E-state index is 1.10. The maximum atomic E-state index is 2.41. The normalized spacial score (nSPS) is 11.6. The molecule has 0 bridgehead atoms. The van der Waals surface area contributed by atoms with E-state index in [1.165, 1.54) is 77.2 Å². The van der Waals surface area contributed by atoms with Crippen LogP contribution < -0.4 is 10.1 Å². The number of hydrogen-bond donors (Lipinski definition) is 0. The summed E-state index contributed by atoms with van der Waals surface area (Å²) in [6, 6.07) is 81.9. The SMILES string of the molecule is C[Si](C)(C)c1ccc(-n2c3ccccc3c3cc(-c4ccc(N(c5ccc(-c6ccccc6)cc5)c5ccc(-c6ccc(-c7ccccc7)cc6)cc5)cc4)ccc32)cc1. The van der Waals surface area contributed by atoms with Crippen LogP contribution in [0.25, 0.3) is 72.0 Å². The Hall–Kier alpha value is -7.20. The number of benzene rings is 9. The van der Waals surface area contributed by atoms with Gasteiger partial charge in [-0.3, -0.25) is 0 Å². The molecule has 1 aromatic heterocycles. The molecule has 10 aromatic rings. The van der Waals surface area contributed by atoms with Crippen LogP contribution in [0.4, 0.5) is 17.1 Å². The second-order valence-corrected chi connectivity index (χ2v) is 21.7. The van der Waals surface area contributed by atoms with Crippen LogP contribution in [-0.2, 0) is 0 Å². The molecule has 9 aromatic carbocycles. The van der Waals surface area contributed by atoms with Crippen LogP contribution in [0.3, 0.4) is 0 Å². The number of nitrogens with zero attached hydrogens (tertiary/aromatic N) is 2. The van der Waals surface area contributed by atoms with Crippen molar-refractivity contribution >= 4 is 52.1 Å². The summed E-state index contributed by atoms with van der Waals surface area (Å²) >= 11 is 0. The van der Waals surface area contributed by atoms with E-state index >= 15 is 0 Å². The molecule has 0 radical (unpaired) electrons. The minimum Gasteiger partial charge on any atom is -0.311 e. The van der Waals surface area contributed by atoms with Gasteiger partial charge in [-0.1, -0.05) is 183 Å². The first-order chi connectivity index (χ1) is 29.4. The van der Waals surface area contributed by atoms with Crippen LogP contribution in [0.15, 0.2) is 224 Å². The standard InChI is InChI=1S/C57H46N2Si/c1-60(2,3)53-37-35-52(36-38-53)59-56-17-11-10-16-54(56)55-40-48(28-39-57(55)59)47-26-33-51(34-27-47)58(49-29-22-45(23-30-49)42-14-8-5-9-15-42)50-31-24-46(25-32-50)44-20-18-43(19-21-44)41-12-6-4-7-13-41/h4-40H,1-3H3. The van der Waals surface area contributed by atoms with Crippen LogP contribution in [0, 0.1) is 0 Å². The van der Waals surface area contributed by atoms with Crippen LogP contribution in [0.2, 0.25) is 19.6 Å². The fourth-order valence-corrected chi connectivity index (χ4v) is 9.68. The van der Waals surface area contributed by atoms with Crippen LogP contribution in [0.5, 0.6) is 0 Å². The molecule has 60 heavy (non-hydrogen) atoms. The van der Waals surface area contributed by atoms with Gasteiger partial charge in [0.25, 0.3) is 0 Å². The van der Waals surface area contributed by atoms with Crippen molar-refractivity contribution < 1.29 is 0 Å². The summed E-state index contributed by atoms with van der Waals surface area (Å²) in [5.41, 5.74) is 16.6. The van der Waals surface area contributed by atoms with Crippen molar-refractivity contribution in [2.45, 2.75) is 19.6 Å². The first kappa shape index (κ1) is 37.1. The van der Waals surface area contributed by atoms with Crippen molar-refractivity contribution in [3.8, 4) is 50.2 Å². The maximum absolute atomic E-state index is 2.41. The highest BCUT2D eigenvalue weighted by Gasteiger charge is 2.18. The molecule has 0 fully saturated rings. The fourth-order valence-electron chi connectivity index (χ4n) is 8.51. The van der Waals surface area contributed by atoms with E-state index in [1.807, 2.05) is 0 Å². The highest BCUT2D eigenvalue weighted by Crippen LogP contribution is 2.39. The molecule has 288 valence electrons. The topological polar surface area (TPSA) is 8.17 Å². The number of rotatable bonds is 9. The van der Waals surface area contributed by atoms with Gasteiger partial charge in [0.15, 0.2) is 0 Å². The van der Waals surface area contributed by atoms with E-state index in [2.05, 4.69) is 254 Å². The predicted molar refractivity (Wildman–Crippen MR) is 260 cm³/mol. The van der Waals surface area contributed by atoms with Gasteiger partial charge in [-0.25, -0.2) is 0 Å². The Balaban J connectivity index is 0.994. The first-order valence-electron chi connectivity index (χ1n) is 20.8. The molecule has 0 unspecified atom stereocenters. The van der Waals surface area contributed by atoms with E-state index in [0.29, 0.717) is 0 Å². The van der Waals surface area contributed by atoms with Gasteiger partial charge in [0.2, 0.25) is 0 Å². The molecule has 0 saturated heterocycles. The fraction of sp³-hybridized carbons (Fsp3) is 0.0526. The van der Waals surface area contributed by atoms with Crippen molar-refractivity contribution in [3.05, 3.63) is 224 Å². The highest BCUT2D eigenvalue weighted by atomic mass is 28.3. The number of anilines is 3. The molecule has 2 nitrogen and oxygen atoms in total. The highest BCUT2D eigenvalue weighted by molar-refractivity contribution is 6.88. The van der Waals surface area contributed by atoms with Gasteiger partial charge in [0.1, 0.15) is 0 Å². The molecular formula is C57H46N2Si. The van der Waals surface area contributed by atoms with Gasteiger partial charge in [-0.2, -0.15) is 0 Å². The third-order valence-electron chi connectivity index (χ3n) is 11.8. The zero-order chi connectivity index (χ0) is 40.6. The maximum Gasteiger partial charge on any atom is 0.0775 e. The van der Waals surface area contributed by atoms with Crippen molar-refractivity contribution in [1.82, 2.24) is 4.57 Å². The quantitative estimate of drug-likeness (QED) is 0.132. The minimum atomic E-state index is -1.40. The second-order valence-electron chi connectivity index (χ2n) is 16.7. The van der Waals surface area contributed by atoms with E-state index in [9.17, 15) is 0 Å². The summed E-state index contributed by atoms with van der Waals surface area (Å²) in [5.74, 6) is 0. The van der Waals surface area contributed by atoms with E-state index in [4.69, 9.17) is 0 Å². The summed E-state index contributed by atoms with van der Waals surface area (Å²) in [5, 5.41) is 4.00. The lowest BCUT2D eigenvalue weighted by molar-refractivity contribution is 1.18. The summed E-state index contributed by atoms with van der Waals surface area (Å²) in [4.78, 5) is 2.35. The number of fused-ring (bicyclic) bond motifs is 3. The third kappa shape index (κ3) is 7.14. The van der Waals surface area contributed by atoms with Crippen molar-refractivity contribution in [2.75, 3.05) is 4.90 Å². The smallest absolute Gasteiger partial charge is 0.0775 e. The third-order valence-corrected chi connectivity index (χ3v) is 13.9. The molecule has 0 spiro atoms. The average Bonchev–Trinajstić information content (AvgIpc) is 3.64. The van der Waals surface area contributed by atoms with Gasteiger partial charge >= 0.3 is 0 Å². The molecular weight excluding hydrogens is 741 g/mol. The molecule has 0 atom stereocenters. The lowest BCUT2D eigenvalue weighted by atomic mass is 10.00. The van der Waals surface area contributed by atoms with Crippen LogP contribution in [0.1, 0.15) is 0 Å². The van der Waals surface area contributed by atoms with Crippen LogP contribution in [-0.4, -0.2) is 12.6 Å². The molecule has 0 aliphatic carbocycles. The van der Waals surface area contributed by atoms with E-state index in [-0.39, 0.29) is 0 Å². The summed E-state index contributed by atoms with van der Waals surface area (Å²) in [6.45, 7) is 7.21. The van der Waals surface area contributed by atoms with Gasteiger partial charge in [-0.15, -0.1) is 0 Å². The lowest BCUT2D eigenvalue weighted by Crippen LogP contribution is -2.37. The molecule has 0 aliphatic rings. The Morgan fingerprint density at radius 3 is 1.15 bits per heavy atom. The zero-order valence-corrected chi connectivity index (χ0v) is 35.3. The van der Waals surface area contributed by atoms with Crippen molar-refractivity contribution in [2.24, 2.45) is 0 Å². The number of aromatic nitrogens is 1. The summed E-state index contributed by atoms with van der Waals surface area (Å²) < 4.78 is 2.41. The second kappa shape index (κ2) is 15.5. The molecule has 0 aliphatic heterocycles. The van der Waals surface area contributed by atoms with E-state index in [1.54, 1.807) is 0 Å². The van der Waals surface area contributed by atoms with Gasteiger partial charge in [0.05, 0.1) is 19.1 Å². The van der Waals surface area contributed by atoms with E-state index < -0.39 is 8.07 Å². The molecule has 0 amide bonds. The number of para-hydroxylation sites is 1. The zero-order valence-electron chi connectivity index (χ0n) is 34.3. The summed E-state index contributed by atoms with van der Waals surface area (Å²) in [7, 11) is -1.40. The van der Waals surface area contributed by atoms with Gasteiger partial charge < -0.3 is 9.47 Å². The predicted octanol–water partition coefficient (Wildman–Crippen LogP) is 15.5. The Kier molecular flexibility index (Phi) is 9.59. The molecule has 0 N–H and O–H groups in total. The van der Waals surface area contributed by atoms with Gasteiger partial charge in [-0.05, 0) is 111 Å². The summed E-state index contributed by atoms with van der Waals surface area (Å²) in [6.07, 6.45) is 0. The molecule has 3 heteroatoms. The Bertz CT molecular complexity index is 3050. The Morgan fingerprint density at radius 1 is 0.317 bits per heavy atom. The Morgan fingerprint density at radius 2 is 0.683 bits per heavy atom. The molecule has 1 heterocycles. The Labute approximate surface area is 354 Å². The van der Waals surface area contributed by atoms with E-state index in [0.717, 1.165) is 17.1 Å².